The topological polar surface area (TPSA) is 88.9 Å². The molecule has 0 spiro atoms. The lowest BCUT2D eigenvalue weighted by atomic mass is 10.1. The molecule has 0 aromatic carbocycles. The number of aromatic nitrogens is 3. The molecule has 2 heterocycles. The predicted octanol–water partition coefficient (Wildman–Crippen LogP) is 2.20. The molecule has 1 aliphatic carbocycles. The molecule has 7 heteroatoms. The maximum Gasteiger partial charge on any atom is 0.276 e. The van der Waals surface area contributed by atoms with Gasteiger partial charge in [-0.1, -0.05) is 12.8 Å². The van der Waals surface area contributed by atoms with Gasteiger partial charge in [-0.2, -0.15) is 5.10 Å². The Hall–Kier alpha value is -2.70. The van der Waals surface area contributed by atoms with Crippen molar-refractivity contribution in [1.82, 2.24) is 14.8 Å². The molecular weight excluding hydrogens is 294 g/mol. The van der Waals surface area contributed by atoms with Crippen molar-refractivity contribution in [3.05, 3.63) is 36.3 Å². The number of amides is 2. The maximum atomic E-state index is 12.2. The fourth-order valence-electron chi connectivity index (χ4n) is 2.74. The average molecular weight is 313 g/mol. The van der Waals surface area contributed by atoms with Crippen molar-refractivity contribution in [3.63, 3.8) is 0 Å². The largest absolute Gasteiger partial charge is 0.319 e. The maximum absolute atomic E-state index is 12.2. The molecule has 0 radical (unpaired) electrons. The van der Waals surface area contributed by atoms with Crippen molar-refractivity contribution < 1.29 is 9.59 Å². The normalized spacial score (nSPS) is 14.7. The van der Waals surface area contributed by atoms with E-state index in [2.05, 4.69) is 20.7 Å². The lowest BCUT2D eigenvalue weighted by Gasteiger charge is -2.09. The number of pyridine rings is 1. The molecule has 2 amide bonds. The second-order valence-corrected chi connectivity index (χ2v) is 5.70. The zero-order chi connectivity index (χ0) is 16.2. The highest BCUT2D eigenvalue weighted by Gasteiger charge is 2.24. The van der Waals surface area contributed by atoms with E-state index in [4.69, 9.17) is 0 Å². The number of carbonyl (C=O) groups is 2. The van der Waals surface area contributed by atoms with Gasteiger partial charge in [0.25, 0.3) is 5.91 Å². The first-order valence-corrected chi connectivity index (χ1v) is 7.70. The molecule has 0 saturated heterocycles. The highest BCUT2D eigenvalue weighted by Crippen LogP contribution is 2.26. The zero-order valence-corrected chi connectivity index (χ0v) is 13.0. The lowest BCUT2D eigenvalue weighted by molar-refractivity contribution is -0.119. The van der Waals surface area contributed by atoms with Gasteiger partial charge >= 0.3 is 0 Å². The van der Waals surface area contributed by atoms with E-state index in [0.29, 0.717) is 11.5 Å². The second kappa shape index (κ2) is 6.60. The van der Waals surface area contributed by atoms with Crippen LogP contribution in [0.4, 0.5) is 11.5 Å². The van der Waals surface area contributed by atoms with Crippen LogP contribution < -0.4 is 10.6 Å². The predicted molar refractivity (Wildman–Crippen MR) is 86.0 cm³/mol. The van der Waals surface area contributed by atoms with Crippen LogP contribution in [0, 0.1) is 5.92 Å². The highest BCUT2D eigenvalue weighted by atomic mass is 16.2. The summed E-state index contributed by atoms with van der Waals surface area (Å²) in [7, 11) is 1.70. The minimum atomic E-state index is -0.338. The van der Waals surface area contributed by atoms with Crippen molar-refractivity contribution in [2.75, 3.05) is 10.6 Å². The summed E-state index contributed by atoms with van der Waals surface area (Å²) in [6, 6.07) is 5.07. The molecule has 0 atom stereocenters. The van der Waals surface area contributed by atoms with Crippen molar-refractivity contribution in [2.45, 2.75) is 25.7 Å². The molecule has 120 valence electrons. The van der Waals surface area contributed by atoms with Crippen molar-refractivity contribution in [2.24, 2.45) is 13.0 Å². The molecule has 1 saturated carbocycles. The van der Waals surface area contributed by atoms with Crippen molar-refractivity contribution in [1.29, 1.82) is 0 Å². The van der Waals surface area contributed by atoms with Gasteiger partial charge in [-0.25, -0.2) is 0 Å². The summed E-state index contributed by atoms with van der Waals surface area (Å²) in [6.07, 6.45) is 7.25. The molecule has 0 aliphatic heterocycles. The number of nitrogens with zero attached hydrogens (tertiary/aromatic N) is 3. The monoisotopic (exact) mass is 313 g/mol. The smallest absolute Gasteiger partial charge is 0.276 e. The van der Waals surface area contributed by atoms with E-state index in [9.17, 15) is 9.59 Å². The van der Waals surface area contributed by atoms with Crippen LogP contribution >= 0.6 is 0 Å². The summed E-state index contributed by atoms with van der Waals surface area (Å²) in [5.41, 5.74) is 0.845. The molecule has 23 heavy (non-hydrogen) atoms. The molecule has 0 bridgehead atoms. The van der Waals surface area contributed by atoms with E-state index in [1.807, 2.05) is 0 Å². The van der Waals surface area contributed by atoms with E-state index in [1.54, 1.807) is 37.6 Å². The number of nitrogens with one attached hydrogen (secondary N) is 2. The van der Waals surface area contributed by atoms with Gasteiger partial charge in [-0.05, 0) is 25.0 Å². The third-order valence-electron chi connectivity index (χ3n) is 4.01. The Morgan fingerprint density at radius 1 is 1.26 bits per heavy atom. The molecule has 7 nitrogen and oxygen atoms in total. The average Bonchev–Trinajstić information content (AvgIpc) is 3.19. The first-order valence-electron chi connectivity index (χ1n) is 7.70. The summed E-state index contributed by atoms with van der Waals surface area (Å²) >= 11 is 0. The van der Waals surface area contributed by atoms with E-state index in [1.165, 1.54) is 4.68 Å². The number of hydrogen-bond acceptors (Lipinski definition) is 4. The number of aryl methyl sites for hydroxylation is 1. The Bertz CT molecular complexity index is 705. The molecule has 2 aromatic heterocycles. The molecule has 3 rings (SSSR count). The van der Waals surface area contributed by atoms with Gasteiger partial charge in [0.15, 0.2) is 5.69 Å². The van der Waals surface area contributed by atoms with Crippen LogP contribution in [-0.4, -0.2) is 26.6 Å². The fraction of sp³-hybridized carbons (Fsp3) is 0.375. The Kier molecular flexibility index (Phi) is 4.36. The van der Waals surface area contributed by atoms with Crippen LogP contribution in [0.15, 0.2) is 30.6 Å². The van der Waals surface area contributed by atoms with Gasteiger partial charge in [0, 0.05) is 25.2 Å². The van der Waals surface area contributed by atoms with Crippen molar-refractivity contribution >= 4 is 23.3 Å². The summed E-state index contributed by atoms with van der Waals surface area (Å²) in [6.45, 7) is 0. The summed E-state index contributed by atoms with van der Waals surface area (Å²) < 4.78 is 1.50. The van der Waals surface area contributed by atoms with Gasteiger partial charge in [0.2, 0.25) is 5.91 Å². The first-order chi connectivity index (χ1) is 11.1. The lowest BCUT2D eigenvalue weighted by Crippen LogP contribution is -2.21. The summed E-state index contributed by atoms with van der Waals surface area (Å²) in [5, 5.41) is 9.73. The first kappa shape index (κ1) is 15.2. The van der Waals surface area contributed by atoms with Gasteiger partial charge in [0.1, 0.15) is 5.82 Å². The molecule has 2 aromatic rings. The van der Waals surface area contributed by atoms with Crippen LogP contribution in [0.2, 0.25) is 0 Å². The van der Waals surface area contributed by atoms with Crippen LogP contribution in [0.3, 0.4) is 0 Å². The van der Waals surface area contributed by atoms with Crippen LogP contribution in [0.25, 0.3) is 0 Å². The SMILES string of the molecule is Cn1nc(C(=O)Nc2cccnc2)cc1NC(=O)C1CCCC1. The standard InChI is InChI=1S/C16H19N5O2/c1-21-14(19-15(22)11-5-2-3-6-11)9-13(20-21)16(23)18-12-7-4-8-17-10-12/h4,7-11H,2-3,5-6H2,1H3,(H,18,23)(H,19,22). The van der Waals surface area contributed by atoms with Gasteiger partial charge in [0.05, 0.1) is 11.9 Å². The van der Waals surface area contributed by atoms with Gasteiger partial charge in [-0.15, -0.1) is 0 Å². The number of anilines is 2. The number of carbonyl (C=O) groups excluding carboxylic acids is 2. The Labute approximate surface area is 134 Å². The van der Waals surface area contributed by atoms with Gasteiger partial charge < -0.3 is 10.6 Å². The minimum absolute atomic E-state index is 0.00437. The minimum Gasteiger partial charge on any atom is -0.319 e. The van der Waals surface area contributed by atoms with E-state index in [0.717, 1.165) is 25.7 Å². The van der Waals surface area contributed by atoms with E-state index in [-0.39, 0.29) is 23.4 Å². The second-order valence-electron chi connectivity index (χ2n) is 5.70. The van der Waals surface area contributed by atoms with Crippen LogP contribution in [0.1, 0.15) is 36.2 Å². The molecule has 1 fully saturated rings. The fourth-order valence-corrected chi connectivity index (χ4v) is 2.74. The number of rotatable bonds is 4. The Morgan fingerprint density at radius 2 is 2.04 bits per heavy atom. The third-order valence-corrected chi connectivity index (χ3v) is 4.01. The van der Waals surface area contributed by atoms with Crippen molar-refractivity contribution in [3.8, 4) is 0 Å². The zero-order valence-electron chi connectivity index (χ0n) is 13.0. The summed E-state index contributed by atoms with van der Waals surface area (Å²) in [5.74, 6) is 0.260. The summed E-state index contributed by atoms with van der Waals surface area (Å²) in [4.78, 5) is 28.3. The molecule has 0 unspecified atom stereocenters. The quantitative estimate of drug-likeness (QED) is 0.905. The van der Waals surface area contributed by atoms with Crippen LogP contribution in [-0.2, 0) is 11.8 Å². The molecule has 2 N–H and O–H groups in total. The molecule has 1 aliphatic rings. The van der Waals surface area contributed by atoms with Gasteiger partial charge in [-0.3, -0.25) is 19.3 Å². The Balaban J connectivity index is 1.67. The number of hydrogen-bond donors (Lipinski definition) is 2. The van der Waals surface area contributed by atoms with E-state index >= 15 is 0 Å². The third kappa shape index (κ3) is 3.56. The molecular formula is C16H19N5O2. The highest BCUT2D eigenvalue weighted by molar-refractivity contribution is 6.03. The van der Waals surface area contributed by atoms with Crippen LogP contribution in [0.5, 0.6) is 0 Å². The Morgan fingerprint density at radius 3 is 2.74 bits per heavy atom. The van der Waals surface area contributed by atoms with E-state index < -0.39 is 0 Å².